The second-order valence-electron chi connectivity index (χ2n) is 6.48. The first-order chi connectivity index (χ1) is 9.77. The summed E-state index contributed by atoms with van der Waals surface area (Å²) in [5.41, 5.74) is -0.377. The number of β-lactam (4-membered cyclic amide) rings is 1. The van der Waals surface area contributed by atoms with Crippen molar-refractivity contribution in [3.63, 3.8) is 0 Å². The van der Waals surface area contributed by atoms with Crippen molar-refractivity contribution >= 4 is 17.6 Å². The lowest BCUT2D eigenvalue weighted by molar-refractivity contribution is -0.175. The Morgan fingerprint density at radius 2 is 1.90 bits per heavy atom. The van der Waals surface area contributed by atoms with Crippen molar-refractivity contribution in [1.29, 1.82) is 0 Å². The molecule has 2 aliphatic rings. The molecule has 2 amide bonds. The smallest absolute Gasteiger partial charge is 0.231 e. The Kier molecular flexibility index (Phi) is 4.37. The average molecular weight is 296 g/mol. The zero-order valence-corrected chi connectivity index (χ0v) is 12.9. The highest BCUT2D eigenvalue weighted by Crippen LogP contribution is 2.46. The summed E-state index contributed by atoms with van der Waals surface area (Å²) in [6, 6.07) is -0.577. The zero-order valence-electron chi connectivity index (χ0n) is 12.9. The summed E-state index contributed by atoms with van der Waals surface area (Å²) < 4.78 is 0. The molecular weight excluding hydrogens is 272 g/mol. The largest absolute Gasteiger partial charge is 0.391 e. The van der Waals surface area contributed by atoms with Crippen molar-refractivity contribution in [2.45, 2.75) is 64.6 Å². The number of amides is 2. The molecule has 1 spiro atoms. The molecule has 0 aromatic rings. The summed E-state index contributed by atoms with van der Waals surface area (Å²) in [7, 11) is 0. The molecule has 1 unspecified atom stereocenters. The second kappa shape index (κ2) is 5.75. The van der Waals surface area contributed by atoms with Gasteiger partial charge in [0.1, 0.15) is 6.04 Å². The summed E-state index contributed by atoms with van der Waals surface area (Å²) >= 11 is 0. The Balaban J connectivity index is 1.96. The average Bonchev–Trinajstić information content (AvgIpc) is 2.38. The van der Waals surface area contributed by atoms with Crippen LogP contribution in [0.4, 0.5) is 0 Å². The highest BCUT2D eigenvalue weighted by Gasteiger charge is 2.56. The number of rotatable bonds is 4. The molecule has 2 rings (SSSR count). The molecule has 118 valence electrons. The minimum absolute atomic E-state index is 0.0233. The lowest BCUT2D eigenvalue weighted by Gasteiger charge is -2.54. The van der Waals surface area contributed by atoms with Crippen LogP contribution in [0.25, 0.3) is 0 Å². The topological polar surface area (TPSA) is 86.7 Å². The van der Waals surface area contributed by atoms with E-state index in [0.29, 0.717) is 6.54 Å². The number of carbonyl (C=O) groups excluding carboxylic acids is 3. The van der Waals surface area contributed by atoms with Gasteiger partial charge in [-0.25, -0.2) is 0 Å². The number of aliphatic hydroxyl groups excluding tert-OH is 1. The normalized spacial score (nSPS) is 31.5. The number of ketones is 1. The SMILES string of the molecule is CC(=O)NC1CCC2(CC1)CN(C(C(C)=O)[C@@H](C)O)C2=O. The van der Waals surface area contributed by atoms with Crippen LogP contribution in [-0.4, -0.2) is 52.3 Å². The number of carbonyl (C=O) groups is 3. The van der Waals surface area contributed by atoms with Gasteiger partial charge in [0.15, 0.2) is 5.78 Å². The van der Waals surface area contributed by atoms with Crippen molar-refractivity contribution in [2.24, 2.45) is 5.41 Å². The van der Waals surface area contributed by atoms with E-state index in [4.69, 9.17) is 0 Å². The Morgan fingerprint density at radius 3 is 2.29 bits per heavy atom. The summed E-state index contributed by atoms with van der Waals surface area (Å²) in [4.78, 5) is 36.7. The molecule has 1 saturated heterocycles. The molecule has 0 bridgehead atoms. The van der Waals surface area contributed by atoms with Crippen LogP contribution < -0.4 is 5.32 Å². The van der Waals surface area contributed by atoms with Crippen LogP contribution in [0.1, 0.15) is 46.5 Å². The predicted octanol–water partition coefficient (Wildman–Crippen LogP) is 0.232. The molecule has 2 fully saturated rings. The highest BCUT2D eigenvalue weighted by atomic mass is 16.3. The van der Waals surface area contributed by atoms with Gasteiger partial charge in [-0.1, -0.05) is 0 Å². The first-order valence-corrected chi connectivity index (χ1v) is 7.53. The molecule has 1 aliphatic heterocycles. The van der Waals surface area contributed by atoms with Crippen LogP contribution in [0, 0.1) is 5.41 Å². The second-order valence-corrected chi connectivity index (χ2v) is 6.48. The Labute approximate surface area is 124 Å². The molecule has 0 radical (unpaired) electrons. The maximum Gasteiger partial charge on any atom is 0.231 e. The van der Waals surface area contributed by atoms with Crippen LogP contribution in [0.15, 0.2) is 0 Å². The number of aliphatic hydroxyl groups is 1. The quantitative estimate of drug-likeness (QED) is 0.727. The fraction of sp³-hybridized carbons (Fsp3) is 0.800. The fourth-order valence-electron chi connectivity index (χ4n) is 3.70. The van der Waals surface area contributed by atoms with E-state index < -0.39 is 12.1 Å². The number of hydrogen-bond acceptors (Lipinski definition) is 4. The van der Waals surface area contributed by atoms with Gasteiger partial charge in [-0.15, -0.1) is 0 Å². The molecule has 6 heteroatoms. The van der Waals surface area contributed by atoms with Crippen LogP contribution >= 0.6 is 0 Å². The van der Waals surface area contributed by atoms with E-state index in [2.05, 4.69) is 5.32 Å². The van der Waals surface area contributed by atoms with Gasteiger partial charge in [0.2, 0.25) is 11.8 Å². The molecule has 2 N–H and O–H groups in total. The van der Waals surface area contributed by atoms with Crippen molar-refractivity contribution in [3.8, 4) is 0 Å². The van der Waals surface area contributed by atoms with E-state index in [1.165, 1.54) is 25.7 Å². The minimum Gasteiger partial charge on any atom is -0.391 e. The van der Waals surface area contributed by atoms with E-state index in [1.807, 2.05) is 0 Å². The first-order valence-electron chi connectivity index (χ1n) is 7.53. The highest BCUT2D eigenvalue weighted by molar-refractivity contribution is 5.94. The molecule has 2 atom stereocenters. The molecule has 1 saturated carbocycles. The van der Waals surface area contributed by atoms with Crippen LogP contribution in [0.5, 0.6) is 0 Å². The van der Waals surface area contributed by atoms with E-state index in [-0.39, 0.29) is 29.1 Å². The van der Waals surface area contributed by atoms with Gasteiger partial charge in [0.25, 0.3) is 0 Å². The number of hydrogen-bond donors (Lipinski definition) is 2. The lowest BCUT2D eigenvalue weighted by atomic mass is 9.66. The zero-order chi connectivity index (χ0) is 15.8. The standard InChI is InChI=1S/C15H24N2O4/c1-9(18)13(10(2)19)17-8-15(14(17)21)6-4-12(5-7-15)16-11(3)20/h9,12-13,18H,4-8H2,1-3H3,(H,16,20)/t9-,12?,13?,15?/m1/s1. The van der Waals surface area contributed by atoms with Gasteiger partial charge in [-0.05, 0) is 39.5 Å². The van der Waals surface area contributed by atoms with Gasteiger partial charge in [-0.2, -0.15) is 0 Å². The monoisotopic (exact) mass is 296 g/mol. The molecule has 1 heterocycles. The number of likely N-dealkylation sites (tertiary alicyclic amines) is 1. The van der Waals surface area contributed by atoms with Crippen LogP contribution in [-0.2, 0) is 14.4 Å². The fourth-order valence-corrected chi connectivity index (χ4v) is 3.70. The minimum atomic E-state index is -0.848. The molecule has 6 nitrogen and oxygen atoms in total. The number of nitrogens with zero attached hydrogens (tertiary/aromatic N) is 1. The summed E-state index contributed by atoms with van der Waals surface area (Å²) in [5, 5.41) is 12.6. The third-order valence-electron chi connectivity index (χ3n) is 4.75. The predicted molar refractivity (Wildman–Crippen MR) is 76.4 cm³/mol. The molecule has 21 heavy (non-hydrogen) atoms. The van der Waals surface area contributed by atoms with E-state index >= 15 is 0 Å². The summed E-state index contributed by atoms with van der Waals surface area (Å²) in [6.45, 7) is 4.98. The Bertz CT molecular complexity index is 453. The Morgan fingerprint density at radius 1 is 1.33 bits per heavy atom. The third-order valence-corrected chi connectivity index (χ3v) is 4.75. The van der Waals surface area contributed by atoms with Gasteiger partial charge in [-0.3, -0.25) is 14.4 Å². The molecular formula is C15H24N2O4. The molecule has 0 aromatic carbocycles. The lowest BCUT2D eigenvalue weighted by Crippen LogP contribution is -2.68. The van der Waals surface area contributed by atoms with Crippen molar-refractivity contribution in [2.75, 3.05) is 6.54 Å². The van der Waals surface area contributed by atoms with E-state index in [0.717, 1.165) is 25.7 Å². The maximum atomic E-state index is 12.5. The van der Waals surface area contributed by atoms with Gasteiger partial charge >= 0.3 is 0 Å². The van der Waals surface area contributed by atoms with Crippen molar-refractivity contribution < 1.29 is 19.5 Å². The van der Waals surface area contributed by atoms with E-state index in [1.54, 1.807) is 0 Å². The van der Waals surface area contributed by atoms with Gasteiger partial charge in [0.05, 0.1) is 11.5 Å². The first kappa shape index (κ1) is 15.9. The van der Waals surface area contributed by atoms with Crippen LogP contribution in [0.3, 0.4) is 0 Å². The summed E-state index contributed by atoms with van der Waals surface area (Å²) in [5.74, 6) is -0.242. The molecule has 0 aromatic heterocycles. The van der Waals surface area contributed by atoms with Crippen molar-refractivity contribution in [3.05, 3.63) is 0 Å². The molecule has 1 aliphatic carbocycles. The van der Waals surface area contributed by atoms with Gasteiger partial charge in [0, 0.05) is 19.5 Å². The van der Waals surface area contributed by atoms with Gasteiger partial charge < -0.3 is 15.3 Å². The number of Topliss-reactive ketones (excluding diaryl/α,β-unsaturated/α-hetero) is 1. The number of nitrogens with one attached hydrogen (secondary N) is 1. The maximum absolute atomic E-state index is 12.5. The third kappa shape index (κ3) is 2.95. The van der Waals surface area contributed by atoms with Crippen LogP contribution in [0.2, 0.25) is 0 Å². The van der Waals surface area contributed by atoms with E-state index in [9.17, 15) is 19.5 Å². The Hall–Kier alpha value is -1.43. The summed E-state index contributed by atoms with van der Waals surface area (Å²) in [6.07, 6.45) is 2.20. The van der Waals surface area contributed by atoms with Crippen molar-refractivity contribution in [1.82, 2.24) is 10.2 Å².